The Morgan fingerprint density at radius 1 is 1.20 bits per heavy atom. The molecule has 6 nitrogen and oxygen atoms in total. The van der Waals surface area contributed by atoms with Gasteiger partial charge in [0.1, 0.15) is 5.69 Å². The second-order valence-corrected chi connectivity index (χ2v) is 6.17. The predicted octanol–water partition coefficient (Wildman–Crippen LogP) is 2.28. The van der Waals surface area contributed by atoms with E-state index < -0.39 is 11.9 Å². The van der Waals surface area contributed by atoms with E-state index in [0.717, 1.165) is 30.8 Å². The maximum absolute atomic E-state index is 12.8. The van der Waals surface area contributed by atoms with Gasteiger partial charge in [0.05, 0.1) is 5.69 Å². The van der Waals surface area contributed by atoms with Crippen LogP contribution in [0, 0.1) is 12.8 Å². The van der Waals surface area contributed by atoms with Crippen molar-refractivity contribution in [2.24, 2.45) is 5.92 Å². The van der Waals surface area contributed by atoms with Gasteiger partial charge in [0.2, 0.25) is 5.95 Å². The molecule has 134 valence electrons. The van der Waals surface area contributed by atoms with E-state index in [2.05, 4.69) is 15.1 Å². The van der Waals surface area contributed by atoms with Crippen LogP contribution in [0.2, 0.25) is 0 Å². The summed E-state index contributed by atoms with van der Waals surface area (Å²) in [5.74, 6) is 0.341. The monoisotopic (exact) mass is 353 g/mol. The fraction of sp³-hybridized carbons (Fsp3) is 0.500. The lowest BCUT2D eigenvalue weighted by molar-refractivity contribution is -0.141. The van der Waals surface area contributed by atoms with Crippen molar-refractivity contribution in [1.29, 1.82) is 0 Å². The SMILES string of the molecule is Cc1ccc(=O)n(CC2CCN(c3nccc(C(F)(F)F)n3)CC2)n1. The molecular formula is C16H18F3N5O. The lowest BCUT2D eigenvalue weighted by atomic mass is 9.97. The Morgan fingerprint density at radius 2 is 1.92 bits per heavy atom. The molecule has 2 aromatic rings. The third-order valence-electron chi connectivity index (χ3n) is 4.26. The Labute approximate surface area is 142 Å². The molecule has 9 heteroatoms. The lowest BCUT2D eigenvalue weighted by Crippen LogP contribution is -2.38. The summed E-state index contributed by atoms with van der Waals surface area (Å²) in [6.45, 7) is 3.43. The number of anilines is 1. The largest absolute Gasteiger partial charge is 0.433 e. The van der Waals surface area contributed by atoms with Gasteiger partial charge in [-0.25, -0.2) is 14.6 Å². The Hall–Kier alpha value is -2.45. The summed E-state index contributed by atoms with van der Waals surface area (Å²) in [5.41, 5.74) is -0.307. The van der Waals surface area contributed by atoms with Crippen LogP contribution in [0.1, 0.15) is 24.2 Å². The fourth-order valence-corrected chi connectivity index (χ4v) is 2.90. The van der Waals surface area contributed by atoms with Gasteiger partial charge in [-0.05, 0) is 37.8 Å². The highest BCUT2D eigenvalue weighted by Gasteiger charge is 2.33. The highest BCUT2D eigenvalue weighted by atomic mass is 19.4. The van der Waals surface area contributed by atoms with E-state index in [4.69, 9.17) is 0 Å². The Morgan fingerprint density at radius 3 is 2.60 bits per heavy atom. The average molecular weight is 353 g/mol. The molecule has 0 aromatic carbocycles. The molecule has 0 saturated carbocycles. The first-order chi connectivity index (χ1) is 11.8. The van der Waals surface area contributed by atoms with E-state index in [9.17, 15) is 18.0 Å². The van der Waals surface area contributed by atoms with Gasteiger partial charge in [-0.15, -0.1) is 0 Å². The van der Waals surface area contributed by atoms with E-state index >= 15 is 0 Å². The molecule has 3 heterocycles. The summed E-state index contributed by atoms with van der Waals surface area (Å²) in [7, 11) is 0. The Balaban J connectivity index is 1.64. The molecule has 0 atom stereocenters. The quantitative estimate of drug-likeness (QED) is 0.847. The van der Waals surface area contributed by atoms with Crippen molar-refractivity contribution in [2.45, 2.75) is 32.5 Å². The number of piperidine rings is 1. The van der Waals surface area contributed by atoms with Crippen molar-refractivity contribution in [2.75, 3.05) is 18.0 Å². The van der Waals surface area contributed by atoms with E-state index in [-0.39, 0.29) is 17.4 Å². The van der Waals surface area contributed by atoms with Crippen LogP contribution in [0.5, 0.6) is 0 Å². The fourth-order valence-electron chi connectivity index (χ4n) is 2.90. The number of nitrogens with zero attached hydrogens (tertiary/aromatic N) is 5. The maximum Gasteiger partial charge on any atom is 0.433 e. The van der Waals surface area contributed by atoms with Crippen molar-refractivity contribution >= 4 is 5.95 Å². The third-order valence-corrected chi connectivity index (χ3v) is 4.26. The number of aromatic nitrogens is 4. The number of halogens is 3. The number of alkyl halides is 3. The molecule has 1 aliphatic rings. The van der Waals surface area contributed by atoms with E-state index in [1.165, 1.54) is 10.7 Å². The minimum absolute atomic E-state index is 0.0964. The van der Waals surface area contributed by atoms with Crippen LogP contribution < -0.4 is 10.5 Å². The number of rotatable bonds is 3. The van der Waals surface area contributed by atoms with Gasteiger partial charge >= 0.3 is 6.18 Å². The summed E-state index contributed by atoms with van der Waals surface area (Å²) in [6.07, 6.45) is -1.87. The summed E-state index contributed by atoms with van der Waals surface area (Å²) in [5, 5.41) is 4.22. The van der Waals surface area contributed by atoms with Crippen molar-refractivity contribution < 1.29 is 13.2 Å². The van der Waals surface area contributed by atoms with Crippen LogP contribution in [0.25, 0.3) is 0 Å². The van der Waals surface area contributed by atoms with Crippen LogP contribution in [0.4, 0.5) is 19.1 Å². The molecule has 25 heavy (non-hydrogen) atoms. The van der Waals surface area contributed by atoms with Gasteiger partial charge in [0.25, 0.3) is 5.56 Å². The van der Waals surface area contributed by atoms with Crippen molar-refractivity contribution in [3.05, 3.63) is 46.1 Å². The van der Waals surface area contributed by atoms with E-state index in [1.807, 2.05) is 6.92 Å². The first kappa shape index (κ1) is 17.4. The van der Waals surface area contributed by atoms with E-state index in [1.54, 1.807) is 11.0 Å². The Bertz CT molecular complexity index is 797. The molecule has 1 fully saturated rings. The number of aryl methyl sites for hydroxylation is 1. The number of hydrogen-bond acceptors (Lipinski definition) is 5. The zero-order chi connectivity index (χ0) is 18.0. The van der Waals surface area contributed by atoms with Gasteiger partial charge in [0, 0.05) is 31.9 Å². The van der Waals surface area contributed by atoms with Crippen LogP contribution in [0.15, 0.2) is 29.2 Å². The lowest BCUT2D eigenvalue weighted by Gasteiger charge is -2.32. The summed E-state index contributed by atoms with van der Waals surface area (Å²) >= 11 is 0. The minimum Gasteiger partial charge on any atom is -0.341 e. The van der Waals surface area contributed by atoms with Crippen molar-refractivity contribution in [3.8, 4) is 0 Å². The molecule has 0 N–H and O–H groups in total. The summed E-state index contributed by atoms with van der Waals surface area (Å²) in [6, 6.07) is 4.03. The van der Waals surface area contributed by atoms with Crippen molar-refractivity contribution in [1.82, 2.24) is 19.7 Å². The first-order valence-corrected chi connectivity index (χ1v) is 8.03. The highest BCUT2D eigenvalue weighted by molar-refractivity contribution is 5.31. The number of hydrogen-bond donors (Lipinski definition) is 0. The van der Waals surface area contributed by atoms with Gasteiger partial charge in [-0.2, -0.15) is 18.3 Å². The van der Waals surface area contributed by atoms with Gasteiger partial charge in [-0.3, -0.25) is 4.79 Å². The molecule has 0 bridgehead atoms. The first-order valence-electron chi connectivity index (χ1n) is 8.03. The molecule has 0 spiro atoms. The smallest absolute Gasteiger partial charge is 0.341 e. The van der Waals surface area contributed by atoms with Crippen LogP contribution in [-0.2, 0) is 12.7 Å². The molecule has 1 aliphatic heterocycles. The van der Waals surface area contributed by atoms with Gasteiger partial charge < -0.3 is 4.90 Å². The van der Waals surface area contributed by atoms with Crippen LogP contribution >= 0.6 is 0 Å². The molecule has 2 aromatic heterocycles. The molecule has 0 amide bonds. The Kier molecular flexibility index (Phi) is 4.73. The topological polar surface area (TPSA) is 63.9 Å². The van der Waals surface area contributed by atoms with E-state index in [0.29, 0.717) is 19.6 Å². The maximum atomic E-state index is 12.8. The average Bonchev–Trinajstić information content (AvgIpc) is 2.58. The third kappa shape index (κ3) is 4.15. The zero-order valence-corrected chi connectivity index (χ0v) is 13.7. The normalized spacial score (nSPS) is 16.2. The second-order valence-electron chi connectivity index (χ2n) is 6.17. The predicted molar refractivity (Wildman–Crippen MR) is 85.2 cm³/mol. The van der Waals surface area contributed by atoms with Crippen LogP contribution in [-0.4, -0.2) is 32.8 Å². The summed E-state index contributed by atoms with van der Waals surface area (Å²) in [4.78, 5) is 21.2. The molecule has 0 unspecified atom stereocenters. The van der Waals surface area contributed by atoms with Gasteiger partial charge in [0.15, 0.2) is 0 Å². The standard InChI is InChI=1S/C16H18F3N5O/c1-11-2-3-14(25)24(22-11)10-12-5-8-23(9-6-12)15-20-7-4-13(21-15)16(17,18)19/h2-4,7,12H,5-6,8-10H2,1H3. The molecule has 1 saturated heterocycles. The second kappa shape index (κ2) is 6.81. The molecule has 0 radical (unpaired) electrons. The minimum atomic E-state index is -4.48. The molecule has 3 rings (SSSR count). The van der Waals surface area contributed by atoms with Crippen molar-refractivity contribution in [3.63, 3.8) is 0 Å². The van der Waals surface area contributed by atoms with Gasteiger partial charge in [-0.1, -0.05) is 0 Å². The molecule has 0 aliphatic carbocycles. The highest BCUT2D eigenvalue weighted by Crippen LogP contribution is 2.29. The summed E-state index contributed by atoms with van der Waals surface area (Å²) < 4.78 is 39.7. The molecular weight excluding hydrogens is 335 g/mol. The van der Waals surface area contributed by atoms with Crippen LogP contribution in [0.3, 0.4) is 0 Å². The zero-order valence-electron chi connectivity index (χ0n) is 13.7.